The molecule has 0 aromatic heterocycles. The van der Waals surface area contributed by atoms with Crippen LogP contribution >= 0.6 is 0 Å². The monoisotopic (exact) mass is 282 g/mol. The first-order chi connectivity index (χ1) is 9.10. The largest absolute Gasteiger partial charge is 0.393 e. The number of rotatable bonds is 12. The van der Waals surface area contributed by atoms with Crippen LogP contribution in [0.3, 0.4) is 0 Å². The van der Waals surface area contributed by atoms with Gasteiger partial charge in [0.1, 0.15) is 12.2 Å². The van der Waals surface area contributed by atoms with Gasteiger partial charge in [-0.25, -0.2) is 0 Å². The zero-order valence-corrected chi connectivity index (χ0v) is 11.6. The van der Waals surface area contributed by atoms with Crippen LogP contribution in [-0.2, 0) is 14.2 Å². The van der Waals surface area contributed by atoms with Crippen molar-refractivity contribution in [3.8, 4) is 0 Å². The third kappa shape index (κ3) is 7.78. The molecule has 4 unspecified atom stereocenters. The first-order valence-electron chi connectivity index (χ1n) is 6.57. The van der Waals surface area contributed by atoms with Crippen molar-refractivity contribution in [2.75, 3.05) is 26.4 Å². The predicted molar refractivity (Wildman–Crippen MR) is 67.3 cm³/mol. The minimum absolute atomic E-state index is 0.331. The van der Waals surface area contributed by atoms with Gasteiger partial charge in [0.15, 0.2) is 12.6 Å². The number of hydrogen-bond donors (Lipinski definition) is 4. The smallest absolute Gasteiger partial charge is 0.188 e. The Morgan fingerprint density at radius 1 is 0.789 bits per heavy atom. The third-order valence-corrected chi connectivity index (χ3v) is 2.24. The quantitative estimate of drug-likeness (QED) is 0.347. The zero-order valence-electron chi connectivity index (χ0n) is 11.6. The highest BCUT2D eigenvalue weighted by Gasteiger charge is 2.28. The van der Waals surface area contributed by atoms with E-state index in [-0.39, 0.29) is 0 Å². The number of aliphatic hydroxyl groups is 4. The maximum atomic E-state index is 9.57. The van der Waals surface area contributed by atoms with Crippen LogP contribution in [0.5, 0.6) is 0 Å². The Hall–Kier alpha value is -0.280. The van der Waals surface area contributed by atoms with Gasteiger partial charge in [0.2, 0.25) is 0 Å². The number of ether oxygens (including phenoxy) is 3. The molecule has 0 spiro atoms. The molecule has 0 aliphatic carbocycles. The van der Waals surface area contributed by atoms with Gasteiger partial charge in [0.05, 0.1) is 13.2 Å². The Morgan fingerprint density at radius 2 is 1.16 bits per heavy atom. The van der Waals surface area contributed by atoms with Gasteiger partial charge in [0, 0.05) is 13.2 Å². The van der Waals surface area contributed by atoms with Crippen LogP contribution in [0, 0.1) is 0 Å². The summed E-state index contributed by atoms with van der Waals surface area (Å²) in [5, 5.41) is 37.0. The van der Waals surface area contributed by atoms with E-state index in [1.807, 2.05) is 13.8 Å². The van der Waals surface area contributed by atoms with Crippen molar-refractivity contribution < 1.29 is 34.6 Å². The summed E-state index contributed by atoms with van der Waals surface area (Å²) in [7, 11) is 0. The fraction of sp³-hybridized carbons (Fsp3) is 1.00. The second kappa shape index (κ2) is 11.5. The Kier molecular flexibility index (Phi) is 11.4. The molecule has 4 N–H and O–H groups in total. The lowest BCUT2D eigenvalue weighted by Gasteiger charge is -2.29. The van der Waals surface area contributed by atoms with Crippen molar-refractivity contribution in [2.45, 2.75) is 51.5 Å². The standard InChI is InChI=1S/C12H26O7/c1-3-5-17-11(9(15)7-13)19-12(10(16)8-14)18-6-4-2/h9-16H,3-8H2,1-2H3. The lowest BCUT2D eigenvalue weighted by atomic mass is 10.3. The molecule has 0 aliphatic rings. The average molecular weight is 282 g/mol. The van der Waals surface area contributed by atoms with Crippen LogP contribution in [0.4, 0.5) is 0 Å². The summed E-state index contributed by atoms with van der Waals surface area (Å²) in [6.45, 7) is 3.36. The molecular weight excluding hydrogens is 256 g/mol. The Labute approximate surface area is 113 Å². The minimum atomic E-state index is -1.25. The van der Waals surface area contributed by atoms with Crippen molar-refractivity contribution in [2.24, 2.45) is 0 Å². The Balaban J connectivity index is 4.51. The lowest BCUT2D eigenvalue weighted by molar-refractivity contribution is -0.299. The van der Waals surface area contributed by atoms with E-state index in [1.165, 1.54) is 0 Å². The maximum Gasteiger partial charge on any atom is 0.188 e. The summed E-state index contributed by atoms with van der Waals surface area (Å²) >= 11 is 0. The Bertz CT molecular complexity index is 183. The van der Waals surface area contributed by atoms with E-state index in [4.69, 9.17) is 24.4 Å². The van der Waals surface area contributed by atoms with Crippen molar-refractivity contribution in [3.05, 3.63) is 0 Å². The van der Waals surface area contributed by atoms with Gasteiger partial charge < -0.3 is 34.6 Å². The Morgan fingerprint density at radius 3 is 1.42 bits per heavy atom. The number of aliphatic hydroxyl groups excluding tert-OH is 4. The van der Waals surface area contributed by atoms with Crippen LogP contribution in [0.2, 0.25) is 0 Å². The van der Waals surface area contributed by atoms with Crippen molar-refractivity contribution >= 4 is 0 Å². The molecule has 0 fully saturated rings. The molecule has 0 rings (SSSR count). The summed E-state index contributed by atoms with van der Waals surface area (Å²) in [6.07, 6.45) is -3.31. The van der Waals surface area contributed by atoms with E-state index < -0.39 is 38.0 Å². The molecule has 19 heavy (non-hydrogen) atoms. The van der Waals surface area contributed by atoms with Gasteiger partial charge in [-0.1, -0.05) is 13.8 Å². The summed E-state index contributed by atoms with van der Waals surface area (Å²) < 4.78 is 15.8. The van der Waals surface area contributed by atoms with Gasteiger partial charge in [-0.3, -0.25) is 0 Å². The van der Waals surface area contributed by atoms with E-state index in [0.717, 1.165) is 0 Å². The van der Waals surface area contributed by atoms with Crippen molar-refractivity contribution in [3.63, 3.8) is 0 Å². The van der Waals surface area contributed by atoms with Crippen molar-refractivity contribution in [1.82, 2.24) is 0 Å². The fourth-order valence-corrected chi connectivity index (χ4v) is 1.25. The molecule has 0 heterocycles. The van der Waals surface area contributed by atoms with Crippen LogP contribution in [0.1, 0.15) is 26.7 Å². The summed E-state index contributed by atoms with van der Waals surface area (Å²) in [6, 6.07) is 0. The predicted octanol–water partition coefficient (Wildman–Crippen LogP) is -0.785. The van der Waals surface area contributed by atoms with Crippen LogP contribution in [-0.4, -0.2) is 71.6 Å². The van der Waals surface area contributed by atoms with Gasteiger partial charge in [0.25, 0.3) is 0 Å². The van der Waals surface area contributed by atoms with E-state index in [9.17, 15) is 10.2 Å². The van der Waals surface area contributed by atoms with E-state index in [2.05, 4.69) is 0 Å². The first kappa shape index (κ1) is 18.7. The molecule has 7 nitrogen and oxygen atoms in total. The molecule has 4 atom stereocenters. The number of hydrogen-bond acceptors (Lipinski definition) is 7. The van der Waals surface area contributed by atoms with Crippen LogP contribution < -0.4 is 0 Å². The van der Waals surface area contributed by atoms with Gasteiger partial charge in [-0.05, 0) is 12.8 Å². The topological polar surface area (TPSA) is 109 Å². The molecule has 0 amide bonds. The minimum Gasteiger partial charge on any atom is -0.393 e. The third-order valence-electron chi connectivity index (χ3n) is 2.24. The van der Waals surface area contributed by atoms with Gasteiger partial charge >= 0.3 is 0 Å². The molecule has 0 bridgehead atoms. The van der Waals surface area contributed by atoms with Crippen molar-refractivity contribution in [1.29, 1.82) is 0 Å². The van der Waals surface area contributed by atoms with Crippen LogP contribution in [0.15, 0.2) is 0 Å². The second-order valence-corrected chi connectivity index (χ2v) is 4.11. The first-order valence-corrected chi connectivity index (χ1v) is 6.57. The summed E-state index contributed by atoms with van der Waals surface area (Å²) in [5.74, 6) is 0. The molecule has 116 valence electrons. The average Bonchev–Trinajstić information content (AvgIpc) is 2.44. The molecule has 0 saturated heterocycles. The molecule has 0 aromatic carbocycles. The zero-order chi connectivity index (χ0) is 14.7. The highest BCUT2D eigenvalue weighted by atomic mass is 16.8. The fourth-order valence-electron chi connectivity index (χ4n) is 1.25. The molecule has 0 aliphatic heterocycles. The molecule has 7 heteroatoms. The SMILES string of the molecule is CCCOC(OC(OCCC)C(O)CO)C(O)CO. The van der Waals surface area contributed by atoms with E-state index in [1.54, 1.807) is 0 Å². The second-order valence-electron chi connectivity index (χ2n) is 4.11. The maximum absolute atomic E-state index is 9.57. The van der Waals surface area contributed by atoms with E-state index in [0.29, 0.717) is 26.1 Å². The molecule has 0 saturated carbocycles. The molecule has 0 aromatic rings. The highest BCUT2D eigenvalue weighted by Crippen LogP contribution is 2.11. The van der Waals surface area contributed by atoms with Gasteiger partial charge in [-0.2, -0.15) is 0 Å². The highest BCUT2D eigenvalue weighted by molar-refractivity contribution is 4.64. The lowest BCUT2D eigenvalue weighted by Crippen LogP contribution is -2.44. The molecule has 0 radical (unpaired) electrons. The molecular formula is C12H26O7. The van der Waals surface area contributed by atoms with E-state index >= 15 is 0 Å². The summed E-state index contributed by atoms with van der Waals surface area (Å²) in [5.41, 5.74) is 0. The van der Waals surface area contributed by atoms with Gasteiger partial charge in [-0.15, -0.1) is 0 Å². The normalized spacial score (nSPS) is 18.0. The van der Waals surface area contributed by atoms with Crippen LogP contribution in [0.25, 0.3) is 0 Å². The summed E-state index contributed by atoms with van der Waals surface area (Å²) in [4.78, 5) is 0.